The molecule has 0 amide bonds. The average molecular weight is 1190 g/mol. The zero-order valence-corrected chi connectivity index (χ0v) is 52.3. The van der Waals surface area contributed by atoms with E-state index >= 15 is 0 Å². The number of aromatic nitrogens is 14. The van der Waals surface area contributed by atoms with Crippen molar-refractivity contribution in [3.63, 3.8) is 0 Å². The summed E-state index contributed by atoms with van der Waals surface area (Å²) in [6.45, 7) is 6.04. The molecular weight excluding hydrogens is 1120 g/mol. The second-order valence-corrected chi connectivity index (χ2v) is 21.7. The Labute approximate surface area is 528 Å². The van der Waals surface area contributed by atoms with E-state index in [1.807, 2.05) is 156 Å². The highest BCUT2D eigenvalue weighted by Crippen LogP contribution is 2.30. The van der Waals surface area contributed by atoms with Gasteiger partial charge in [0.1, 0.15) is 5.65 Å². The molecule has 14 aromatic heterocycles. The summed E-state index contributed by atoms with van der Waals surface area (Å²) in [6.07, 6.45) is 27.6. The molecule has 14 heterocycles. The van der Waals surface area contributed by atoms with Crippen LogP contribution < -0.4 is 0 Å². The summed E-state index contributed by atoms with van der Waals surface area (Å²) in [5.74, 6) is 0. The number of pyridine rings is 9. The van der Waals surface area contributed by atoms with E-state index in [0.29, 0.717) is 0 Å². The molecule has 0 N–H and O–H groups in total. The zero-order chi connectivity index (χ0) is 63.1. The first-order chi connectivity index (χ1) is 44.6. The Bertz CT molecular complexity index is 4350. The number of hydrogen-bond donors (Lipinski definition) is 0. The standard InChI is InChI=1S/4C12H10N2.C11H9N3.3C6H7N/c1-14-11-7-3-2-5-9(11)10-6-4-8-13-12(10)14;1-14-10-6-3-2-5-9(10)12-11(14)7-4-8-13-12;1-14-11-5-3-2-4-9(11)10-8-13-7-6-12(10)14;1-14-11-5-3-2-4-9(11)10-6-7-13-8-12(10)14;1-14-10-2-4-12-6-8(10)9-7-13-5-3-11(9)14;1-6-2-4-7-5-3-6;1-6-3-2-4-7-5-6;1-6-4-2-3-5-7-6/h4*2-8H,1H3;2-7H,1H3;3*2-5H,1H3. The van der Waals surface area contributed by atoms with Gasteiger partial charge in [0.25, 0.3) is 0 Å². The van der Waals surface area contributed by atoms with E-state index in [-0.39, 0.29) is 0 Å². The van der Waals surface area contributed by atoms with Crippen LogP contribution in [0, 0.1) is 20.8 Å². The number of nitrogens with zero attached hydrogens (tertiary/aromatic N) is 14. The number of hydrogen-bond acceptors (Lipinski definition) is 9. The minimum absolute atomic E-state index is 1.05. The van der Waals surface area contributed by atoms with Gasteiger partial charge in [-0.3, -0.25) is 39.9 Å². The fourth-order valence-corrected chi connectivity index (χ4v) is 11.2. The highest BCUT2D eigenvalue weighted by molar-refractivity contribution is 6.10. The lowest BCUT2D eigenvalue weighted by Gasteiger charge is -1.95. The SMILES string of the molecule is Cc1ccccn1.Cc1cccnc1.Cc1ccncc1.Cn1c2ccccc2c2cccnc21.Cn1c2ccccc2c2ccncc21.Cn1c2ccccc2c2cnccc21.Cn1c2ccccc2c2ncccc21.Cn1c2ccncc2c2cnccc21. The monoisotopic (exact) mass is 1190 g/mol. The van der Waals surface area contributed by atoms with Gasteiger partial charge in [0.2, 0.25) is 0 Å². The molecule has 0 aliphatic rings. The number of rotatable bonds is 0. The largest absolute Gasteiger partial charge is 0.344 e. The Balaban J connectivity index is 0.000000108. The average Bonchev–Trinajstić information content (AvgIpc) is 1.93. The molecule has 14 heteroatoms. The van der Waals surface area contributed by atoms with Gasteiger partial charge in [-0.1, -0.05) is 84.9 Å². The summed E-state index contributed by atoms with van der Waals surface area (Å²) in [7, 11) is 10.4. The van der Waals surface area contributed by atoms with Crippen LogP contribution in [0.1, 0.15) is 16.8 Å². The molecule has 0 unspecified atom stereocenters. The molecule has 14 nitrogen and oxygen atoms in total. The minimum atomic E-state index is 1.05. The van der Waals surface area contributed by atoms with E-state index in [1.54, 1.807) is 24.8 Å². The predicted octanol–water partition coefficient (Wildman–Crippen LogP) is 17.2. The maximum Gasteiger partial charge on any atom is 0.140 e. The third kappa shape index (κ3) is 13.7. The van der Waals surface area contributed by atoms with Crippen LogP contribution in [0.3, 0.4) is 0 Å². The van der Waals surface area contributed by atoms with Gasteiger partial charge in [0, 0.05) is 187 Å². The second-order valence-electron chi connectivity index (χ2n) is 21.7. The summed E-state index contributed by atoms with van der Waals surface area (Å²) in [5, 5.41) is 11.1. The van der Waals surface area contributed by atoms with Crippen LogP contribution in [0.5, 0.6) is 0 Å². The Kier molecular flexibility index (Phi) is 19.3. The maximum absolute atomic E-state index is 4.41. The van der Waals surface area contributed by atoms with Crippen LogP contribution in [0.2, 0.25) is 0 Å². The van der Waals surface area contributed by atoms with Crippen LogP contribution >= 0.6 is 0 Å². The number of aryl methyl sites for hydroxylation is 8. The van der Waals surface area contributed by atoms with Crippen molar-refractivity contribution < 1.29 is 0 Å². The summed E-state index contributed by atoms with van der Waals surface area (Å²) < 4.78 is 10.8. The van der Waals surface area contributed by atoms with Crippen molar-refractivity contribution in [1.82, 2.24) is 67.7 Å². The lowest BCUT2D eigenvalue weighted by molar-refractivity contribution is 0.990. The molecule has 0 saturated heterocycles. The van der Waals surface area contributed by atoms with Crippen LogP contribution in [-0.4, -0.2) is 67.7 Å². The van der Waals surface area contributed by atoms with Crippen LogP contribution in [-0.2, 0) is 35.2 Å². The fraction of sp³-hybridized carbons (Fsp3) is 0.104. The maximum atomic E-state index is 4.41. The molecule has 0 aliphatic heterocycles. The Morgan fingerprint density at radius 1 is 0.220 bits per heavy atom. The van der Waals surface area contributed by atoms with E-state index in [4.69, 9.17) is 0 Å². The highest BCUT2D eigenvalue weighted by atomic mass is 15.0. The molecule has 91 heavy (non-hydrogen) atoms. The van der Waals surface area contributed by atoms with Crippen molar-refractivity contribution in [3.8, 4) is 0 Å². The molecule has 0 fully saturated rings. The van der Waals surface area contributed by atoms with Crippen molar-refractivity contribution in [2.45, 2.75) is 20.8 Å². The lowest BCUT2D eigenvalue weighted by Crippen LogP contribution is -1.87. The molecule has 0 radical (unpaired) electrons. The van der Waals surface area contributed by atoms with E-state index in [9.17, 15) is 0 Å². The van der Waals surface area contributed by atoms with E-state index in [2.05, 4.69) is 224 Å². The van der Waals surface area contributed by atoms with Crippen LogP contribution in [0.15, 0.2) is 281 Å². The summed E-state index contributed by atoms with van der Waals surface area (Å²) in [6, 6.07) is 63.6. The van der Waals surface area contributed by atoms with Crippen molar-refractivity contribution in [2.75, 3.05) is 0 Å². The third-order valence-corrected chi connectivity index (χ3v) is 15.8. The molecule has 18 aromatic rings. The van der Waals surface area contributed by atoms with Crippen molar-refractivity contribution in [3.05, 3.63) is 298 Å². The zero-order valence-electron chi connectivity index (χ0n) is 52.3. The Morgan fingerprint density at radius 3 is 1.12 bits per heavy atom. The van der Waals surface area contributed by atoms with Gasteiger partial charge in [-0.15, -0.1) is 0 Å². The summed E-state index contributed by atoms with van der Waals surface area (Å²) in [5.41, 5.74) is 16.7. The molecule has 448 valence electrons. The molecule has 18 rings (SSSR count). The van der Waals surface area contributed by atoms with E-state index in [0.717, 1.165) is 27.6 Å². The first-order valence-corrected chi connectivity index (χ1v) is 29.9. The van der Waals surface area contributed by atoms with Crippen LogP contribution in [0.4, 0.5) is 0 Å². The third-order valence-electron chi connectivity index (χ3n) is 15.8. The van der Waals surface area contributed by atoms with E-state index in [1.165, 1.54) is 98.5 Å². The number of para-hydroxylation sites is 4. The fourth-order valence-electron chi connectivity index (χ4n) is 11.2. The van der Waals surface area contributed by atoms with Gasteiger partial charge in [-0.05, 0) is 135 Å². The second kappa shape index (κ2) is 28.8. The molecular formula is C77H70N14. The van der Waals surface area contributed by atoms with Gasteiger partial charge in [-0.25, -0.2) is 4.98 Å². The van der Waals surface area contributed by atoms with Crippen molar-refractivity contribution >= 4 is 109 Å². The minimum Gasteiger partial charge on any atom is -0.344 e. The van der Waals surface area contributed by atoms with Crippen molar-refractivity contribution in [2.24, 2.45) is 35.2 Å². The van der Waals surface area contributed by atoms with Gasteiger partial charge < -0.3 is 22.8 Å². The molecule has 0 bridgehead atoms. The molecule has 0 saturated carbocycles. The summed E-state index contributed by atoms with van der Waals surface area (Å²) >= 11 is 0. The van der Waals surface area contributed by atoms with Gasteiger partial charge in [0.15, 0.2) is 0 Å². The van der Waals surface area contributed by atoms with E-state index < -0.39 is 0 Å². The smallest absolute Gasteiger partial charge is 0.140 e. The van der Waals surface area contributed by atoms with Crippen molar-refractivity contribution in [1.29, 1.82) is 0 Å². The summed E-state index contributed by atoms with van der Waals surface area (Å²) in [4.78, 5) is 37.1. The van der Waals surface area contributed by atoms with Gasteiger partial charge >= 0.3 is 0 Å². The normalized spacial score (nSPS) is 10.6. The Morgan fingerprint density at radius 2 is 0.604 bits per heavy atom. The highest BCUT2D eigenvalue weighted by Gasteiger charge is 2.10. The van der Waals surface area contributed by atoms with Crippen LogP contribution in [0.25, 0.3) is 109 Å². The quantitative estimate of drug-likeness (QED) is 0.145. The lowest BCUT2D eigenvalue weighted by atomic mass is 10.2. The molecule has 0 aliphatic carbocycles. The molecule has 4 aromatic carbocycles. The molecule has 0 atom stereocenters. The first kappa shape index (κ1) is 60.9. The Hall–Kier alpha value is -11.8. The van der Waals surface area contributed by atoms with Gasteiger partial charge in [0.05, 0.1) is 50.3 Å². The van der Waals surface area contributed by atoms with Gasteiger partial charge in [-0.2, -0.15) is 0 Å². The number of benzene rings is 4. The molecule has 0 spiro atoms. The topological polar surface area (TPSA) is 141 Å². The predicted molar refractivity (Wildman–Crippen MR) is 376 cm³/mol. The number of fused-ring (bicyclic) bond motifs is 15. The first-order valence-electron chi connectivity index (χ1n) is 29.9.